The largest absolute Gasteiger partial charge is 0.361 e. The Labute approximate surface area is 123 Å². The van der Waals surface area contributed by atoms with Crippen molar-refractivity contribution in [2.75, 3.05) is 6.54 Å². The van der Waals surface area contributed by atoms with Gasteiger partial charge in [0.05, 0.1) is 10.6 Å². The first kappa shape index (κ1) is 13.5. The molecule has 1 amide bonds. The second-order valence-electron chi connectivity index (χ2n) is 5.58. The van der Waals surface area contributed by atoms with Crippen molar-refractivity contribution in [1.82, 2.24) is 10.3 Å². The number of aromatic amines is 1. The minimum absolute atomic E-state index is 0.0660. The summed E-state index contributed by atoms with van der Waals surface area (Å²) in [5, 5.41) is 4.47. The van der Waals surface area contributed by atoms with Gasteiger partial charge in [0, 0.05) is 23.6 Å². The second-order valence-corrected chi connectivity index (χ2v) is 5.96. The van der Waals surface area contributed by atoms with Crippen LogP contribution < -0.4 is 5.32 Å². The molecule has 20 heavy (non-hydrogen) atoms. The van der Waals surface area contributed by atoms with Gasteiger partial charge in [0.25, 0.3) is 5.91 Å². The van der Waals surface area contributed by atoms with Gasteiger partial charge in [-0.15, -0.1) is 0 Å². The van der Waals surface area contributed by atoms with E-state index in [-0.39, 0.29) is 5.91 Å². The van der Waals surface area contributed by atoms with Crippen LogP contribution in [-0.2, 0) is 0 Å². The predicted molar refractivity (Wildman–Crippen MR) is 82.2 cm³/mol. The zero-order valence-corrected chi connectivity index (χ0v) is 12.2. The summed E-state index contributed by atoms with van der Waals surface area (Å²) in [5.41, 5.74) is 1.52. The van der Waals surface area contributed by atoms with Gasteiger partial charge in [-0.25, -0.2) is 0 Å². The topological polar surface area (TPSA) is 44.9 Å². The molecule has 4 heteroatoms. The Hall–Kier alpha value is -1.48. The summed E-state index contributed by atoms with van der Waals surface area (Å²) < 4.78 is 0. The van der Waals surface area contributed by atoms with Crippen LogP contribution in [0.15, 0.2) is 24.4 Å². The van der Waals surface area contributed by atoms with Gasteiger partial charge in [-0.3, -0.25) is 4.79 Å². The van der Waals surface area contributed by atoms with Crippen LogP contribution in [0.3, 0.4) is 0 Å². The van der Waals surface area contributed by atoms with Crippen molar-refractivity contribution < 1.29 is 4.79 Å². The maximum Gasteiger partial charge on any atom is 0.252 e. The Morgan fingerprint density at radius 2 is 2.05 bits per heavy atom. The Kier molecular flexibility index (Phi) is 3.97. The Morgan fingerprint density at radius 3 is 2.85 bits per heavy atom. The smallest absolute Gasteiger partial charge is 0.252 e. The summed E-state index contributed by atoms with van der Waals surface area (Å²) in [6.07, 6.45) is 8.20. The van der Waals surface area contributed by atoms with E-state index < -0.39 is 0 Å². The molecule has 0 spiro atoms. The van der Waals surface area contributed by atoms with Crippen LogP contribution in [0.4, 0.5) is 0 Å². The number of halogens is 1. The fraction of sp³-hybridized carbons (Fsp3) is 0.438. The number of hydrogen-bond donors (Lipinski definition) is 2. The van der Waals surface area contributed by atoms with E-state index in [2.05, 4.69) is 10.3 Å². The van der Waals surface area contributed by atoms with Gasteiger partial charge in [0.1, 0.15) is 0 Å². The van der Waals surface area contributed by atoms with Crippen LogP contribution >= 0.6 is 11.6 Å². The highest BCUT2D eigenvalue weighted by Gasteiger charge is 2.17. The van der Waals surface area contributed by atoms with Gasteiger partial charge >= 0.3 is 0 Å². The van der Waals surface area contributed by atoms with Crippen molar-refractivity contribution in [3.8, 4) is 0 Å². The fourth-order valence-corrected chi connectivity index (χ4v) is 3.31. The first-order valence-corrected chi connectivity index (χ1v) is 7.67. The SMILES string of the molecule is O=C(NCC1CCCCC1)c1ccc2[nH]ccc2c1Cl. The second kappa shape index (κ2) is 5.88. The van der Waals surface area contributed by atoms with Gasteiger partial charge in [-0.05, 0) is 37.0 Å². The molecule has 0 unspecified atom stereocenters. The van der Waals surface area contributed by atoms with Crippen LogP contribution in [0.5, 0.6) is 0 Å². The summed E-state index contributed by atoms with van der Waals surface area (Å²) in [4.78, 5) is 15.4. The number of amides is 1. The van der Waals surface area contributed by atoms with Crippen molar-refractivity contribution in [2.24, 2.45) is 5.92 Å². The molecule has 0 radical (unpaired) electrons. The van der Waals surface area contributed by atoms with Crippen LogP contribution in [0.25, 0.3) is 10.9 Å². The summed E-state index contributed by atoms with van der Waals surface area (Å²) in [7, 11) is 0. The number of carbonyl (C=O) groups is 1. The lowest BCUT2D eigenvalue weighted by molar-refractivity contribution is 0.0944. The van der Waals surface area contributed by atoms with Crippen LogP contribution in [0, 0.1) is 5.92 Å². The molecule has 0 aliphatic heterocycles. The Bertz CT molecular complexity index is 614. The molecule has 1 aromatic heterocycles. The molecule has 106 valence electrons. The lowest BCUT2D eigenvalue weighted by Crippen LogP contribution is -2.30. The normalized spacial score (nSPS) is 16.4. The van der Waals surface area contributed by atoms with Crippen LogP contribution in [-0.4, -0.2) is 17.4 Å². The molecule has 1 fully saturated rings. The average molecular weight is 291 g/mol. The van der Waals surface area contributed by atoms with Gasteiger partial charge < -0.3 is 10.3 Å². The predicted octanol–water partition coefficient (Wildman–Crippen LogP) is 4.13. The molecule has 1 aromatic carbocycles. The van der Waals surface area contributed by atoms with Gasteiger partial charge in [-0.2, -0.15) is 0 Å². The van der Waals surface area contributed by atoms with Gasteiger partial charge in [0.2, 0.25) is 0 Å². The summed E-state index contributed by atoms with van der Waals surface area (Å²) >= 11 is 6.32. The molecule has 1 aliphatic carbocycles. The minimum atomic E-state index is -0.0660. The monoisotopic (exact) mass is 290 g/mol. The number of H-pyrrole nitrogens is 1. The molecule has 3 rings (SSSR count). The lowest BCUT2D eigenvalue weighted by Gasteiger charge is -2.21. The first-order chi connectivity index (χ1) is 9.75. The minimum Gasteiger partial charge on any atom is -0.361 e. The van der Waals surface area contributed by atoms with Crippen molar-refractivity contribution in [2.45, 2.75) is 32.1 Å². The zero-order chi connectivity index (χ0) is 13.9. The molecule has 0 saturated heterocycles. The molecule has 3 nitrogen and oxygen atoms in total. The molecule has 0 atom stereocenters. The first-order valence-electron chi connectivity index (χ1n) is 7.29. The number of nitrogens with one attached hydrogen (secondary N) is 2. The molecule has 0 bridgehead atoms. The third-order valence-corrected chi connectivity index (χ3v) is 4.60. The quantitative estimate of drug-likeness (QED) is 0.877. The molecular formula is C16H19ClN2O. The van der Waals surface area contributed by atoms with Crippen LogP contribution in [0.1, 0.15) is 42.5 Å². The highest BCUT2D eigenvalue weighted by molar-refractivity contribution is 6.38. The number of hydrogen-bond acceptors (Lipinski definition) is 1. The number of rotatable bonds is 3. The number of fused-ring (bicyclic) bond motifs is 1. The Balaban J connectivity index is 1.70. The average Bonchev–Trinajstić information content (AvgIpc) is 2.96. The number of carbonyl (C=O) groups excluding carboxylic acids is 1. The van der Waals surface area contributed by atoms with Crippen molar-refractivity contribution in [3.05, 3.63) is 35.0 Å². The maximum atomic E-state index is 12.3. The van der Waals surface area contributed by atoms with Gasteiger partial charge in [-0.1, -0.05) is 30.9 Å². The van der Waals surface area contributed by atoms with E-state index in [1.165, 1.54) is 32.1 Å². The third kappa shape index (κ3) is 2.68. The standard InChI is InChI=1S/C16H19ClN2O/c17-15-12-8-9-18-14(12)7-6-13(15)16(20)19-10-11-4-2-1-3-5-11/h6-9,11,18H,1-5,10H2,(H,19,20). The van der Waals surface area contributed by atoms with Crippen LogP contribution in [0.2, 0.25) is 5.02 Å². The van der Waals surface area contributed by atoms with E-state index in [0.29, 0.717) is 16.5 Å². The van der Waals surface area contributed by atoms with E-state index in [1.807, 2.05) is 18.3 Å². The highest BCUT2D eigenvalue weighted by atomic mass is 35.5. The summed E-state index contributed by atoms with van der Waals surface area (Å²) in [6.45, 7) is 0.764. The molecule has 1 heterocycles. The zero-order valence-electron chi connectivity index (χ0n) is 11.4. The van der Waals surface area contributed by atoms with Gasteiger partial charge in [0.15, 0.2) is 0 Å². The van der Waals surface area contributed by atoms with Crippen molar-refractivity contribution in [3.63, 3.8) is 0 Å². The van der Waals surface area contributed by atoms with E-state index in [4.69, 9.17) is 11.6 Å². The van der Waals surface area contributed by atoms with Crippen molar-refractivity contribution in [1.29, 1.82) is 0 Å². The van der Waals surface area contributed by atoms with E-state index >= 15 is 0 Å². The number of aromatic nitrogens is 1. The maximum absolute atomic E-state index is 12.3. The van der Waals surface area contributed by atoms with E-state index in [9.17, 15) is 4.79 Å². The molecule has 1 aliphatic rings. The fourth-order valence-electron chi connectivity index (χ4n) is 3.00. The molecule has 2 aromatic rings. The molecule has 2 N–H and O–H groups in total. The third-order valence-electron chi connectivity index (χ3n) is 4.19. The van der Waals surface area contributed by atoms with E-state index in [1.54, 1.807) is 6.07 Å². The summed E-state index contributed by atoms with van der Waals surface area (Å²) in [6, 6.07) is 5.59. The summed E-state index contributed by atoms with van der Waals surface area (Å²) in [5.74, 6) is 0.561. The van der Waals surface area contributed by atoms with Crippen molar-refractivity contribution >= 4 is 28.4 Å². The molecule has 1 saturated carbocycles. The number of benzene rings is 1. The highest BCUT2D eigenvalue weighted by Crippen LogP contribution is 2.27. The van der Waals surface area contributed by atoms with E-state index in [0.717, 1.165) is 17.4 Å². The lowest BCUT2D eigenvalue weighted by atomic mass is 9.89. The Morgan fingerprint density at radius 1 is 1.25 bits per heavy atom. The molecular weight excluding hydrogens is 272 g/mol.